The molecular formula is C12H15N3O. The van der Waals surface area contributed by atoms with Gasteiger partial charge in [0.15, 0.2) is 0 Å². The molecule has 0 aliphatic carbocycles. The lowest BCUT2D eigenvalue weighted by Crippen LogP contribution is -2.16. The number of rotatable bonds is 5. The molecule has 0 aliphatic rings. The van der Waals surface area contributed by atoms with Gasteiger partial charge in [0.1, 0.15) is 5.76 Å². The summed E-state index contributed by atoms with van der Waals surface area (Å²) >= 11 is 0. The minimum atomic E-state index is 0.748. The summed E-state index contributed by atoms with van der Waals surface area (Å²) in [7, 11) is 0. The fourth-order valence-corrected chi connectivity index (χ4v) is 1.50. The first-order valence-electron chi connectivity index (χ1n) is 5.36. The smallest absolute Gasteiger partial charge is 0.133 e. The molecule has 0 saturated heterocycles. The Morgan fingerprint density at radius 2 is 2.38 bits per heavy atom. The molecule has 0 fully saturated rings. The SMILES string of the molecule is Cc1cc(CNCCc2cccnc2)no1. The normalized spacial score (nSPS) is 10.6. The highest BCUT2D eigenvalue weighted by Crippen LogP contribution is 2.01. The lowest BCUT2D eigenvalue weighted by atomic mass is 10.2. The average Bonchev–Trinajstić information content (AvgIpc) is 2.72. The van der Waals surface area contributed by atoms with E-state index in [0.717, 1.165) is 31.0 Å². The van der Waals surface area contributed by atoms with E-state index >= 15 is 0 Å². The monoisotopic (exact) mass is 217 g/mol. The van der Waals surface area contributed by atoms with Crippen molar-refractivity contribution in [2.24, 2.45) is 0 Å². The Morgan fingerprint density at radius 1 is 1.44 bits per heavy atom. The zero-order valence-corrected chi connectivity index (χ0v) is 9.31. The van der Waals surface area contributed by atoms with Crippen LogP contribution in [0.3, 0.4) is 0 Å². The quantitative estimate of drug-likeness (QED) is 0.775. The Morgan fingerprint density at radius 3 is 3.06 bits per heavy atom. The molecule has 2 aromatic rings. The van der Waals surface area contributed by atoms with Crippen LogP contribution in [0.2, 0.25) is 0 Å². The Labute approximate surface area is 94.7 Å². The predicted octanol–water partition coefficient (Wildman–Crippen LogP) is 1.71. The van der Waals surface area contributed by atoms with Crippen molar-refractivity contribution < 1.29 is 4.52 Å². The molecule has 0 saturated carbocycles. The van der Waals surface area contributed by atoms with Crippen LogP contribution in [0.25, 0.3) is 0 Å². The third-order valence-corrected chi connectivity index (χ3v) is 2.30. The summed E-state index contributed by atoms with van der Waals surface area (Å²) in [6, 6.07) is 5.97. The average molecular weight is 217 g/mol. The summed E-state index contributed by atoms with van der Waals surface area (Å²) in [4.78, 5) is 4.07. The highest BCUT2D eigenvalue weighted by molar-refractivity contribution is 5.09. The van der Waals surface area contributed by atoms with E-state index in [4.69, 9.17) is 4.52 Å². The number of aromatic nitrogens is 2. The second kappa shape index (κ2) is 5.42. The largest absolute Gasteiger partial charge is 0.361 e. The molecule has 4 heteroatoms. The van der Waals surface area contributed by atoms with Crippen LogP contribution in [0.4, 0.5) is 0 Å². The van der Waals surface area contributed by atoms with Crippen molar-refractivity contribution in [1.82, 2.24) is 15.5 Å². The van der Waals surface area contributed by atoms with E-state index in [1.54, 1.807) is 6.20 Å². The van der Waals surface area contributed by atoms with E-state index in [1.165, 1.54) is 5.56 Å². The molecule has 2 rings (SSSR count). The van der Waals surface area contributed by atoms with Gasteiger partial charge in [-0.1, -0.05) is 11.2 Å². The lowest BCUT2D eigenvalue weighted by Gasteiger charge is -2.01. The second-order valence-electron chi connectivity index (χ2n) is 3.72. The second-order valence-corrected chi connectivity index (χ2v) is 3.72. The first kappa shape index (κ1) is 10.8. The molecule has 1 N–H and O–H groups in total. The van der Waals surface area contributed by atoms with Crippen molar-refractivity contribution >= 4 is 0 Å². The van der Waals surface area contributed by atoms with Crippen LogP contribution in [0.1, 0.15) is 17.0 Å². The summed E-state index contributed by atoms with van der Waals surface area (Å²) in [5.74, 6) is 0.851. The van der Waals surface area contributed by atoms with Crippen molar-refractivity contribution in [3.63, 3.8) is 0 Å². The Kier molecular flexibility index (Phi) is 3.66. The van der Waals surface area contributed by atoms with Crippen LogP contribution in [0.5, 0.6) is 0 Å². The van der Waals surface area contributed by atoms with Crippen LogP contribution in [-0.4, -0.2) is 16.7 Å². The predicted molar refractivity (Wildman–Crippen MR) is 60.9 cm³/mol. The van der Waals surface area contributed by atoms with Crippen molar-refractivity contribution in [1.29, 1.82) is 0 Å². The van der Waals surface area contributed by atoms with Crippen LogP contribution >= 0.6 is 0 Å². The highest BCUT2D eigenvalue weighted by atomic mass is 16.5. The molecule has 0 atom stereocenters. The summed E-state index contributed by atoms with van der Waals surface area (Å²) < 4.78 is 4.98. The molecule has 16 heavy (non-hydrogen) atoms. The van der Waals surface area contributed by atoms with Crippen LogP contribution < -0.4 is 5.32 Å². The molecule has 4 nitrogen and oxygen atoms in total. The number of hydrogen-bond donors (Lipinski definition) is 1. The topological polar surface area (TPSA) is 51.0 Å². The minimum Gasteiger partial charge on any atom is -0.361 e. The minimum absolute atomic E-state index is 0.748. The van der Waals surface area contributed by atoms with E-state index in [-0.39, 0.29) is 0 Å². The summed E-state index contributed by atoms with van der Waals surface area (Å²) in [6.07, 6.45) is 4.65. The third-order valence-electron chi connectivity index (χ3n) is 2.30. The third kappa shape index (κ3) is 3.17. The van der Waals surface area contributed by atoms with Gasteiger partial charge in [-0.3, -0.25) is 4.98 Å². The first-order chi connectivity index (χ1) is 7.84. The van der Waals surface area contributed by atoms with Crippen LogP contribution in [0.15, 0.2) is 35.1 Å². The van der Waals surface area contributed by atoms with Crippen molar-refractivity contribution in [2.45, 2.75) is 19.9 Å². The number of nitrogens with zero attached hydrogens (tertiary/aromatic N) is 2. The number of nitrogens with one attached hydrogen (secondary N) is 1. The molecule has 0 unspecified atom stereocenters. The fourth-order valence-electron chi connectivity index (χ4n) is 1.50. The van der Waals surface area contributed by atoms with E-state index in [0.29, 0.717) is 0 Å². The standard InChI is InChI=1S/C12H15N3O/c1-10-7-12(15-16-10)9-14-6-4-11-3-2-5-13-8-11/h2-3,5,7-8,14H,4,6,9H2,1H3. The van der Waals surface area contributed by atoms with Gasteiger partial charge in [-0.05, 0) is 31.5 Å². The van der Waals surface area contributed by atoms with Crippen molar-refractivity contribution in [3.05, 3.63) is 47.6 Å². The fraction of sp³-hybridized carbons (Fsp3) is 0.333. The molecule has 0 radical (unpaired) electrons. The first-order valence-corrected chi connectivity index (χ1v) is 5.36. The number of hydrogen-bond acceptors (Lipinski definition) is 4. The molecule has 0 aromatic carbocycles. The maximum absolute atomic E-state index is 4.98. The zero-order valence-electron chi connectivity index (χ0n) is 9.31. The summed E-state index contributed by atoms with van der Waals surface area (Å²) in [5.41, 5.74) is 2.19. The summed E-state index contributed by atoms with van der Waals surface area (Å²) in [6.45, 7) is 3.56. The van der Waals surface area contributed by atoms with Gasteiger partial charge in [-0.2, -0.15) is 0 Å². The zero-order chi connectivity index (χ0) is 11.2. The molecule has 2 heterocycles. The van der Waals surface area contributed by atoms with E-state index in [1.807, 2.05) is 25.3 Å². The maximum atomic E-state index is 4.98. The van der Waals surface area contributed by atoms with Gasteiger partial charge in [-0.15, -0.1) is 0 Å². The Hall–Kier alpha value is -1.68. The number of pyridine rings is 1. The maximum Gasteiger partial charge on any atom is 0.133 e. The van der Waals surface area contributed by atoms with Gasteiger partial charge in [-0.25, -0.2) is 0 Å². The van der Waals surface area contributed by atoms with E-state index in [2.05, 4.69) is 21.5 Å². The highest BCUT2D eigenvalue weighted by Gasteiger charge is 1.99. The molecule has 2 aromatic heterocycles. The van der Waals surface area contributed by atoms with Gasteiger partial charge in [0.2, 0.25) is 0 Å². The summed E-state index contributed by atoms with van der Waals surface area (Å²) in [5, 5.41) is 7.22. The van der Waals surface area contributed by atoms with Crippen LogP contribution in [0, 0.1) is 6.92 Å². The van der Waals surface area contributed by atoms with Gasteiger partial charge in [0.25, 0.3) is 0 Å². The van der Waals surface area contributed by atoms with Gasteiger partial charge < -0.3 is 9.84 Å². The molecule has 0 aliphatic heterocycles. The molecule has 0 spiro atoms. The molecule has 0 bridgehead atoms. The Bertz CT molecular complexity index is 425. The molecule has 84 valence electrons. The van der Waals surface area contributed by atoms with Crippen molar-refractivity contribution in [2.75, 3.05) is 6.54 Å². The van der Waals surface area contributed by atoms with E-state index < -0.39 is 0 Å². The number of aryl methyl sites for hydroxylation is 1. The van der Waals surface area contributed by atoms with E-state index in [9.17, 15) is 0 Å². The molecular weight excluding hydrogens is 202 g/mol. The van der Waals surface area contributed by atoms with Gasteiger partial charge >= 0.3 is 0 Å². The van der Waals surface area contributed by atoms with Crippen molar-refractivity contribution in [3.8, 4) is 0 Å². The van der Waals surface area contributed by atoms with Crippen LogP contribution in [-0.2, 0) is 13.0 Å². The van der Waals surface area contributed by atoms with Gasteiger partial charge in [0.05, 0.1) is 5.69 Å². The molecule has 0 amide bonds. The lowest BCUT2D eigenvalue weighted by molar-refractivity contribution is 0.388. The van der Waals surface area contributed by atoms with Gasteiger partial charge in [0, 0.05) is 25.0 Å². The Balaban J connectivity index is 1.69.